The number of rotatable bonds is 6. The summed E-state index contributed by atoms with van der Waals surface area (Å²) in [5, 5.41) is 16.7. The van der Waals surface area contributed by atoms with Gasteiger partial charge in [0.05, 0.1) is 16.7 Å². The van der Waals surface area contributed by atoms with E-state index in [1.807, 2.05) is 36.1 Å². The van der Waals surface area contributed by atoms with Crippen molar-refractivity contribution in [1.82, 2.24) is 9.29 Å². The number of hydrogen-bond acceptors (Lipinski definition) is 8. The monoisotopic (exact) mass is 478 g/mol. The molecule has 3 aromatic rings. The van der Waals surface area contributed by atoms with Gasteiger partial charge in [-0.3, -0.25) is 4.79 Å². The number of β-amino-alcohol motifs (C(OH)–C–C–N with tert-alkyl or cyclic N) is 1. The average molecular weight is 479 g/mol. The summed E-state index contributed by atoms with van der Waals surface area (Å²) >= 11 is 3.03. The highest BCUT2D eigenvalue weighted by molar-refractivity contribution is 7.89. The van der Waals surface area contributed by atoms with E-state index in [1.54, 1.807) is 23.5 Å². The number of esters is 1. The summed E-state index contributed by atoms with van der Waals surface area (Å²) in [4.78, 5) is 17.3. The lowest BCUT2D eigenvalue weighted by molar-refractivity contribution is -0.149. The van der Waals surface area contributed by atoms with Gasteiger partial charge in [0.15, 0.2) is 0 Å². The molecule has 1 aliphatic rings. The van der Waals surface area contributed by atoms with Crippen LogP contribution in [0.25, 0.3) is 10.6 Å². The molecule has 2 aromatic heterocycles. The van der Waals surface area contributed by atoms with E-state index in [9.17, 15) is 18.3 Å². The Morgan fingerprint density at radius 2 is 2.06 bits per heavy atom. The average Bonchev–Trinajstić information content (AvgIpc) is 3.48. The van der Waals surface area contributed by atoms with Crippen LogP contribution in [-0.4, -0.2) is 47.5 Å². The van der Waals surface area contributed by atoms with Crippen molar-refractivity contribution < 1.29 is 23.1 Å². The van der Waals surface area contributed by atoms with Gasteiger partial charge in [-0.25, -0.2) is 13.4 Å². The van der Waals surface area contributed by atoms with Crippen molar-refractivity contribution in [2.24, 2.45) is 0 Å². The molecule has 164 valence electrons. The van der Waals surface area contributed by atoms with Crippen LogP contribution in [0.2, 0.25) is 0 Å². The van der Waals surface area contributed by atoms with Crippen LogP contribution in [-0.2, 0) is 26.2 Å². The Morgan fingerprint density at radius 3 is 2.77 bits per heavy atom. The minimum Gasteiger partial charge on any atom is -0.458 e. The van der Waals surface area contributed by atoms with Crippen LogP contribution in [0.15, 0.2) is 45.3 Å². The number of aromatic nitrogens is 1. The molecule has 3 heterocycles. The molecule has 10 heteroatoms. The number of sulfonamides is 1. The highest BCUT2D eigenvalue weighted by atomic mass is 32.2. The zero-order valence-electron chi connectivity index (χ0n) is 17.0. The number of aliphatic hydroxyl groups excluding tert-OH is 1. The van der Waals surface area contributed by atoms with E-state index in [0.29, 0.717) is 5.69 Å². The zero-order chi connectivity index (χ0) is 22.2. The smallest absolute Gasteiger partial charge is 0.324 e. The number of benzene rings is 1. The van der Waals surface area contributed by atoms with E-state index in [1.165, 1.54) is 17.4 Å². The van der Waals surface area contributed by atoms with Crippen LogP contribution in [0.5, 0.6) is 0 Å². The topological polar surface area (TPSA) is 96.8 Å². The van der Waals surface area contributed by atoms with Crippen LogP contribution in [0.3, 0.4) is 0 Å². The molecule has 1 aromatic carbocycles. The number of carbonyl (C=O) groups is 1. The summed E-state index contributed by atoms with van der Waals surface area (Å²) in [7, 11) is -3.95. The van der Waals surface area contributed by atoms with Crippen LogP contribution < -0.4 is 0 Å². The molecule has 0 spiro atoms. The highest BCUT2D eigenvalue weighted by Gasteiger charge is 2.44. The maximum absolute atomic E-state index is 13.2. The van der Waals surface area contributed by atoms with E-state index in [0.717, 1.165) is 26.0 Å². The molecule has 1 saturated heterocycles. The fraction of sp³-hybridized carbons (Fsp3) is 0.333. The quantitative estimate of drug-likeness (QED) is 0.546. The molecule has 0 aliphatic carbocycles. The van der Waals surface area contributed by atoms with Crippen LogP contribution >= 0.6 is 22.7 Å². The predicted octanol–water partition coefficient (Wildman–Crippen LogP) is 3.36. The van der Waals surface area contributed by atoms with E-state index in [4.69, 9.17) is 4.74 Å². The molecule has 1 aliphatic heterocycles. The van der Waals surface area contributed by atoms with Crippen molar-refractivity contribution in [3.8, 4) is 10.6 Å². The summed E-state index contributed by atoms with van der Waals surface area (Å²) < 4.78 is 32.8. The Bertz CT molecular complexity index is 1190. The molecule has 0 saturated carbocycles. The zero-order valence-corrected chi connectivity index (χ0v) is 19.5. The highest BCUT2D eigenvalue weighted by Crippen LogP contribution is 2.29. The molecule has 1 fully saturated rings. The Kier molecular flexibility index (Phi) is 6.27. The SMILES string of the molecule is Cc1ccc(S(=O)(=O)N2C[C@H](O)C[C@H]2C(=O)OCc2csc(-c3ccsc3)n2)cc1C. The van der Waals surface area contributed by atoms with Gasteiger partial charge in [-0.05, 0) is 48.6 Å². The van der Waals surface area contributed by atoms with Gasteiger partial charge in [-0.1, -0.05) is 6.07 Å². The predicted molar refractivity (Wildman–Crippen MR) is 119 cm³/mol. The van der Waals surface area contributed by atoms with Crippen molar-refractivity contribution in [1.29, 1.82) is 0 Å². The second kappa shape index (κ2) is 8.79. The molecule has 1 N–H and O–H groups in total. The van der Waals surface area contributed by atoms with Crippen LogP contribution in [0, 0.1) is 13.8 Å². The van der Waals surface area contributed by atoms with Crippen LogP contribution in [0.1, 0.15) is 23.2 Å². The van der Waals surface area contributed by atoms with Gasteiger partial charge < -0.3 is 9.84 Å². The lowest BCUT2D eigenvalue weighted by Crippen LogP contribution is -2.41. The van der Waals surface area contributed by atoms with E-state index >= 15 is 0 Å². The number of thiazole rings is 1. The van der Waals surface area contributed by atoms with Gasteiger partial charge in [0.25, 0.3) is 0 Å². The van der Waals surface area contributed by atoms with E-state index < -0.39 is 28.1 Å². The number of nitrogens with zero attached hydrogens (tertiary/aromatic N) is 2. The van der Waals surface area contributed by atoms with Crippen LogP contribution in [0.4, 0.5) is 0 Å². The molecule has 0 unspecified atom stereocenters. The number of aliphatic hydroxyl groups is 1. The summed E-state index contributed by atoms with van der Waals surface area (Å²) in [5.41, 5.74) is 3.42. The first kappa shape index (κ1) is 22.1. The maximum atomic E-state index is 13.2. The molecule has 31 heavy (non-hydrogen) atoms. The Hall–Kier alpha value is -2.11. The van der Waals surface area contributed by atoms with Crippen molar-refractivity contribution >= 4 is 38.7 Å². The number of carbonyl (C=O) groups excluding carboxylic acids is 1. The van der Waals surface area contributed by atoms with Crippen molar-refractivity contribution in [3.63, 3.8) is 0 Å². The number of hydrogen-bond donors (Lipinski definition) is 1. The summed E-state index contributed by atoms with van der Waals surface area (Å²) in [6.07, 6.45) is -0.927. The molecule has 7 nitrogen and oxygen atoms in total. The van der Waals surface area contributed by atoms with Crippen molar-refractivity contribution in [3.05, 3.63) is 57.2 Å². The van der Waals surface area contributed by atoms with Gasteiger partial charge in [-0.15, -0.1) is 11.3 Å². The standard InChI is InChI=1S/C21H22N2O5S3/c1-13-3-4-18(7-14(13)2)31(26,27)23-9-17(24)8-19(23)21(25)28-10-16-12-30-20(22-16)15-5-6-29-11-15/h3-7,11-12,17,19,24H,8-10H2,1-2H3/t17-,19+/m1/s1. The van der Waals surface area contributed by atoms with Gasteiger partial charge >= 0.3 is 5.97 Å². The maximum Gasteiger partial charge on any atom is 0.324 e. The first-order chi connectivity index (χ1) is 14.8. The Balaban J connectivity index is 1.48. The summed E-state index contributed by atoms with van der Waals surface area (Å²) in [6, 6.07) is 5.73. The van der Waals surface area contributed by atoms with Crippen molar-refractivity contribution in [2.45, 2.75) is 43.9 Å². The fourth-order valence-corrected chi connectivity index (χ4v) is 6.64. The van der Waals surface area contributed by atoms with Gasteiger partial charge in [0.1, 0.15) is 17.7 Å². The second-order valence-electron chi connectivity index (χ2n) is 7.49. The number of thiophene rings is 1. The van der Waals surface area contributed by atoms with E-state index in [-0.39, 0.29) is 24.5 Å². The largest absolute Gasteiger partial charge is 0.458 e. The van der Waals surface area contributed by atoms with Gasteiger partial charge in [0.2, 0.25) is 10.0 Å². The number of aryl methyl sites for hydroxylation is 2. The van der Waals surface area contributed by atoms with Crippen molar-refractivity contribution in [2.75, 3.05) is 6.54 Å². The fourth-order valence-electron chi connectivity index (χ4n) is 3.41. The lowest BCUT2D eigenvalue weighted by Gasteiger charge is -2.22. The third-order valence-electron chi connectivity index (χ3n) is 5.27. The number of ether oxygens (including phenoxy) is 1. The van der Waals surface area contributed by atoms with Gasteiger partial charge in [-0.2, -0.15) is 15.6 Å². The molecule has 0 amide bonds. The Labute approximate surface area is 189 Å². The molecular formula is C21H22N2O5S3. The second-order valence-corrected chi connectivity index (χ2v) is 11.0. The molecule has 2 atom stereocenters. The first-order valence-electron chi connectivity index (χ1n) is 9.66. The third-order valence-corrected chi connectivity index (χ3v) is 8.77. The Morgan fingerprint density at radius 1 is 1.26 bits per heavy atom. The molecule has 0 radical (unpaired) electrons. The lowest BCUT2D eigenvalue weighted by atomic mass is 10.1. The first-order valence-corrected chi connectivity index (χ1v) is 12.9. The summed E-state index contributed by atoms with van der Waals surface area (Å²) in [6.45, 7) is 3.53. The minimum atomic E-state index is -3.95. The van der Waals surface area contributed by atoms with Gasteiger partial charge in [0, 0.05) is 29.3 Å². The minimum absolute atomic E-state index is 0.000125. The normalized spacial score (nSPS) is 19.6. The third kappa shape index (κ3) is 4.58. The van der Waals surface area contributed by atoms with E-state index in [2.05, 4.69) is 4.98 Å². The molecular weight excluding hydrogens is 456 g/mol. The molecule has 4 rings (SSSR count). The summed E-state index contributed by atoms with van der Waals surface area (Å²) in [5.74, 6) is -0.686. The molecule has 0 bridgehead atoms.